The van der Waals surface area contributed by atoms with Gasteiger partial charge in [-0.1, -0.05) is 12.1 Å². The van der Waals surface area contributed by atoms with Crippen LogP contribution in [0.4, 0.5) is 5.69 Å². The van der Waals surface area contributed by atoms with Gasteiger partial charge in [-0.2, -0.15) is 13.6 Å². The van der Waals surface area contributed by atoms with E-state index in [0.717, 1.165) is 6.26 Å². The molecule has 0 aliphatic carbocycles. The van der Waals surface area contributed by atoms with Gasteiger partial charge in [-0.3, -0.25) is 4.79 Å². The highest BCUT2D eigenvalue weighted by molar-refractivity contribution is 7.86. The fourth-order valence-corrected chi connectivity index (χ4v) is 2.76. The zero-order chi connectivity index (χ0) is 18.2. The number of ketones is 1. The van der Waals surface area contributed by atoms with Crippen molar-refractivity contribution in [1.82, 2.24) is 0 Å². The summed E-state index contributed by atoms with van der Waals surface area (Å²) < 4.78 is 32.6. The molecule has 1 unspecified atom stereocenters. The minimum atomic E-state index is -3.69. The SMILES string of the molecule is CS(=O)(=O)Oc1ccc2c(c1)OC(=Cc1cccc([NH+]([O-])O)c1)C2=O. The van der Waals surface area contributed by atoms with E-state index in [4.69, 9.17) is 14.1 Å². The van der Waals surface area contributed by atoms with Gasteiger partial charge in [-0.15, -0.1) is 0 Å². The highest BCUT2D eigenvalue weighted by Crippen LogP contribution is 2.35. The molecule has 2 N–H and O–H groups in total. The minimum Gasteiger partial charge on any atom is -0.595 e. The van der Waals surface area contributed by atoms with E-state index in [1.807, 2.05) is 0 Å². The van der Waals surface area contributed by atoms with E-state index in [2.05, 4.69) is 0 Å². The number of hydrogen-bond acceptors (Lipinski definition) is 7. The summed E-state index contributed by atoms with van der Waals surface area (Å²) in [5, 5.41) is 18.9. The van der Waals surface area contributed by atoms with Gasteiger partial charge in [0.2, 0.25) is 5.78 Å². The van der Waals surface area contributed by atoms with E-state index in [0.29, 0.717) is 5.56 Å². The van der Waals surface area contributed by atoms with Crippen molar-refractivity contribution < 1.29 is 32.6 Å². The number of rotatable bonds is 4. The summed E-state index contributed by atoms with van der Waals surface area (Å²) >= 11 is 0. The maximum Gasteiger partial charge on any atom is 0.306 e. The Morgan fingerprint density at radius 2 is 2.00 bits per heavy atom. The maximum absolute atomic E-state index is 12.3. The second kappa shape index (κ2) is 6.30. The number of carbonyl (C=O) groups excluding carboxylic acids is 1. The first kappa shape index (κ1) is 17.1. The molecule has 1 aliphatic heterocycles. The maximum atomic E-state index is 12.3. The molecule has 0 aromatic heterocycles. The standard InChI is InChI=1S/C16H13NO7S/c1-25(21,22)24-12-5-6-13-14(9-12)23-15(16(13)18)8-10-3-2-4-11(7-10)17(19)20/h2-9,17,19H,1H3. The first-order chi connectivity index (χ1) is 11.7. The third kappa shape index (κ3) is 3.86. The van der Waals surface area contributed by atoms with Crippen molar-refractivity contribution in [1.29, 1.82) is 0 Å². The molecule has 9 heteroatoms. The predicted octanol–water partition coefficient (Wildman–Crippen LogP) is 1.04. The van der Waals surface area contributed by atoms with Crippen LogP contribution in [0.3, 0.4) is 0 Å². The van der Waals surface area contributed by atoms with E-state index in [1.54, 1.807) is 12.1 Å². The van der Waals surface area contributed by atoms with Crippen molar-refractivity contribution in [2.24, 2.45) is 0 Å². The Balaban J connectivity index is 1.91. The number of hydrogen-bond donors (Lipinski definition) is 2. The molecule has 0 fully saturated rings. The van der Waals surface area contributed by atoms with E-state index < -0.39 is 15.3 Å². The number of Topliss-reactive ketones (excluding diaryl/α,β-unsaturated/α-hetero) is 1. The Morgan fingerprint density at radius 3 is 2.68 bits per heavy atom. The number of ether oxygens (including phenoxy) is 1. The van der Waals surface area contributed by atoms with Crippen molar-refractivity contribution in [2.45, 2.75) is 0 Å². The summed E-state index contributed by atoms with van der Waals surface area (Å²) in [6.45, 7) is 0. The third-order valence-electron chi connectivity index (χ3n) is 3.32. The van der Waals surface area contributed by atoms with Gasteiger partial charge in [0.05, 0.1) is 11.8 Å². The lowest BCUT2D eigenvalue weighted by atomic mass is 10.1. The highest BCUT2D eigenvalue weighted by atomic mass is 32.2. The lowest BCUT2D eigenvalue weighted by Crippen LogP contribution is -2.99. The quantitative estimate of drug-likeness (QED) is 0.473. The van der Waals surface area contributed by atoms with E-state index in [9.17, 15) is 18.4 Å². The molecule has 0 saturated carbocycles. The van der Waals surface area contributed by atoms with Gasteiger partial charge < -0.3 is 14.1 Å². The average Bonchev–Trinajstić information content (AvgIpc) is 2.81. The molecule has 2 aromatic carbocycles. The Morgan fingerprint density at radius 1 is 1.24 bits per heavy atom. The molecule has 0 saturated heterocycles. The lowest BCUT2D eigenvalue weighted by Gasteiger charge is -2.11. The first-order valence-corrected chi connectivity index (χ1v) is 8.86. The number of nitrogens with one attached hydrogen (secondary N) is 1. The van der Waals surface area contributed by atoms with Crippen LogP contribution in [0, 0.1) is 5.21 Å². The number of benzene rings is 2. The molecular weight excluding hydrogens is 350 g/mol. The predicted molar refractivity (Wildman–Crippen MR) is 87.1 cm³/mol. The number of fused-ring (bicyclic) bond motifs is 1. The van der Waals surface area contributed by atoms with Crippen LogP contribution in [0.2, 0.25) is 0 Å². The van der Waals surface area contributed by atoms with Crippen LogP contribution < -0.4 is 14.1 Å². The largest absolute Gasteiger partial charge is 0.595 e. The number of carbonyl (C=O) groups is 1. The third-order valence-corrected chi connectivity index (χ3v) is 3.82. The van der Waals surface area contributed by atoms with Gasteiger partial charge in [0.25, 0.3) is 0 Å². The Hall–Kier alpha value is -2.72. The fourth-order valence-electron chi connectivity index (χ4n) is 2.31. The molecule has 1 atom stereocenters. The normalized spacial score (nSPS) is 16.4. The van der Waals surface area contributed by atoms with Gasteiger partial charge in [-0.05, 0) is 23.8 Å². The number of allylic oxidation sites excluding steroid dienone is 1. The summed E-state index contributed by atoms with van der Waals surface area (Å²) in [6.07, 6.45) is 2.33. The molecule has 0 amide bonds. The van der Waals surface area contributed by atoms with Crippen molar-refractivity contribution in [3.05, 3.63) is 64.6 Å². The second-order valence-corrected chi connectivity index (χ2v) is 6.89. The molecule has 1 aliphatic rings. The van der Waals surface area contributed by atoms with Crippen molar-refractivity contribution in [3.8, 4) is 11.5 Å². The second-order valence-electron chi connectivity index (χ2n) is 5.32. The monoisotopic (exact) mass is 363 g/mol. The van der Waals surface area contributed by atoms with Crippen LogP contribution in [-0.4, -0.2) is 25.7 Å². The first-order valence-electron chi connectivity index (χ1n) is 7.04. The molecule has 0 spiro atoms. The molecular formula is C16H13NO7S. The average molecular weight is 363 g/mol. The van der Waals surface area contributed by atoms with Gasteiger partial charge in [0.15, 0.2) is 11.4 Å². The van der Waals surface area contributed by atoms with Crippen molar-refractivity contribution >= 4 is 27.7 Å². The molecule has 1 heterocycles. The molecule has 8 nitrogen and oxygen atoms in total. The van der Waals surface area contributed by atoms with Crippen LogP contribution >= 0.6 is 0 Å². The zero-order valence-corrected chi connectivity index (χ0v) is 13.7. The van der Waals surface area contributed by atoms with Crippen molar-refractivity contribution in [2.75, 3.05) is 6.26 Å². The molecule has 130 valence electrons. The van der Waals surface area contributed by atoms with Gasteiger partial charge >= 0.3 is 10.1 Å². The summed E-state index contributed by atoms with van der Waals surface area (Å²) in [7, 11) is -3.69. The van der Waals surface area contributed by atoms with Gasteiger partial charge in [0.1, 0.15) is 11.5 Å². The van der Waals surface area contributed by atoms with E-state index in [-0.39, 0.29) is 34.3 Å². The lowest BCUT2D eigenvalue weighted by molar-refractivity contribution is -0.991. The van der Waals surface area contributed by atoms with Gasteiger partial charge in [0, 0.05) is 18.2 Å². The Kier molecular flexibility index (Phi) is 4.31. The van der Waals surface area contributed by atoms with Crippen LogP contribution in [0.5, 0.6) is 11.5 Å². The summed E-state index contributed by atoms with van der Waals surface area (Å²) in [5.41, 5.74) is 0.839. The van der Waals surface area contributed by atoms with E-state index in [1.165, 1.54) is 36.4 Å². The van der Waals surface area contributed by atoms with E-state index >= 15 is 0 Å². The molecule has 2 aromatic rings. The zero-order valence-electron chi connectivity index (χ0n) is 12.9. The Bertz CT molecular complexity index is 980. The smallest absolute Gasteiger partial charge is 0.306 e. The van der Waals surface area contributed by atoms with Crippen LogP contribution in [-0.2, 0) is 10.1 Å². The summed E-state index contributed by atoms with van der Waals surface area (Å²) in [6, 6.07) is 10.1. The van der Waals surface area contributed by atoms with Crippen LogP contribution in [0.15, 0.2) is 48.2 Å². The van der Waals surface area contributed by atoms with Crippen LogP contribution in [0.1, 0.15) is 15.9 Å². The highest BCUT2D eigenvalue weighted by Gasteiger charge is 2.28. The van der Waals surface area contributed by atoms with Gasteiger partial charge in [-0.25, -0.2) is 5.21 Å². The minimum absolute atomic E-state index is 0.00837. The van der Waals surface area contributed by atoms with Crippen molar-refractivity contribution in [3.63, 3.8) is 0 Å². The fraction of sp³-hybridized carbons (Fsp3) is 0.0625. The topological polar surface area (TPSA) is 117 Å². The van der Waals surface area contributed by atoms with Crippen LogP contribution in [0.25, 0.3) is 6.08 Å². The summed E-state index contributed by atoms with van der Waals surface area (Å²) in [5.74, 6) is -0.175. The molecule has 0 radical (unpaired) electrons. The molecule has 3 rings (SSSR count). The molecule has 25 heavy (non-hydrogen) atoms. The Labute approximate surface area is 143 Å². The number of quaternary nitrogens is 1. The summed E-state index contributed by atoms with van der Waals surface area (Å²) in [4.78, 5) is 12.3. The molecule has 0 bridgehead atoms.